The number of hydrogen-bond acceptors (Lipinski definition) is 3. The number of hydrogen-bond donors (Lipinski definition) is 3. The third kappa shape index (κ3) is 4.00. The SMILES string of the molecule is O=C(O)C[C@H](NC(=O)c1[nH]nc(-c2ccccc2)c1Br)c1ccccc1. The van der Waals surface area contributed by atoms with Gasteiger partial charge in [0.25, 0.3) is 5.91 Å². The summed E-state index contributed by atoms with van der Waals surface area (Å²) < 4.78 is 0.531. The molecule has 26 heavy (non-hydrogen) atoms. The average molecular weight is 414 g/mol. The third-order valence-corrected chi connectivity index (χ3v) is 4.64. The van der Waals surface area contributed by atoms with Crippen LogP contribution in [0.4, 0.5) is 0 Å². The molecule has 3 aromatic rings. The Bertz CT molecular complexity index is 910. The molecule has 1 aromatic heterocycles. The van der Waals surface area contributed by atoms with Crippen LogP contribution in [0.25, 0.3) is 11.3 Å². The van der Waals surface area contributed by atoms with Crippen LogP contribution in [0.5, 0.6) is 0 Å². The van der Waals surface area contributed by atoms with Crippen molar-refractivity contribution < 1.29 is 14.7 Å². The molecule has 3 N–H and O–H groups in total. The van der Waals surface area contributed by atoms with E-state index in [9.17, 15) is 9.59 Å². The highest BCUT2D eigenvalue weighted by Crippen LogP contribution is 2.29. The number of aromatic nitrogens is 2. The molecule has 7 heteroatoms. The lowest BCUT2D eigenvalue weighted by molar-refractivity contribution is -0.137. The Balaban J connectivity index is 1.84. The van der Waals surface area contributed by atoms with Crippen LogP contribution in [0.15, 0.2) is 65.1 Å². The maximum Gasteiger partial charge on any atom is 0.305 e. The van der Waals surface area contributed by atoms with Crippen LogP contribution in [-0.4, -0.2) is 27.2 Å². The predicted molar refractivity (Wildman–Crippen MR) is 101 cm³/mol. The van der Waals surface area contributed by atoms with E-state index in [1.165, 1.54) is 0 Å². The van der Waals surface area contributed by atoms with E-state index in [-0.39, 0.29) is 12.1 Å². The molecule has 0 fully saturated rings. The molecule has 0 spiro atoms. The Morgan fingerprint density at radius 2 is 1.69 bits per heavy atom. The summed E-state index contributed by atoms with van der Waals surface area (Å²) in [6.45, 7) is 0. The van der Waals surface area contributed by atoms with Gasteiger partial charge in [-0.1, -0.05) is 60.7 Å². The Morgan fingerprint density at radius 1 is 1.08 bits per heavy atom. The standard InChI is InChI=1S/C19H16BrN3O3/c20-16-17(13-9-5-2-6-10-13)22-23-18(16)19(26)21-14(11-15(24)25)12-7-3-1-4-8-12/h1-10,14H,11H2,(H,21,26)(H,22,23)(H,24,25)/t14-/m0/s1. The molecule has 132 valence electrons. The number of aromatic amines is 1. The van der Waals surface area contributed by atoms with Gasteiger partial charge in [-0.05, 0) is 21.5 Å². The van der Waals surface area contributed by atoms with Gasteiger partial charge < -0.3 is 10.4 Å². The van der Waals surface area contributed by atoms with Gasteiger partial charge in [0.15, 0.2) is 0 Å². The first-order valence-electron chi connectivity index (χ1n) is 7.93. The second-order valence-corrected chi connectivity index (χ2v) is 6.45. The number of amides is 1. The lowest BCUT2D eigenvalue weighted by Gasteiger charge is -2.17. The van der Waals surface area contributed by atoms with Gasteiger partial charge in [-0.25, -0.2) is 0 Å². The van der Waals surface area contributed by atoms with Gasteiger partial charge in [0.1, 0.15) is 11.4 Å². The van der Waals surface area contributed by atoms with Crippen molar-refractivity contribution in [3.63, 3.8) is 0 Å². The maximum atomic E-state index is 12.7. The van der Waals surface area contributed by atoms with Crippen molar-refractivity contribution >= 4 is 27.8 Å². The third-order valence-electron chi connectivity index (χ3n) is 3.87. The molecule has 1 heterocycles. The summed E-state index contributed by atoms with van der Waals surface area (Å²) in [5.41, 5.74) is 2.45. The molecule has 2 aromatic carbocycles. The van der Waals surface area contributed by atoms with E-state index in [2.05, 4.69) is 31.4 Å². The number of rotatable bonds is 6. The minimum Gasteiger partial charge on any atom is -0.481 e. The Labute approximate surface area is 158 Å². The molecule has 3 rings (SSSR count). The molecule has 6 nitrogen and oxygen atoms in total. The molecule has 0 saturated heterocycles. The first kappa shape index (κ1) is 17.9. The van der Waals surface area contributed by atoms with Crippen LogP contribution in [-0.2, 0) is 4.79 Å². The molecule has 0 bridgehead atoms. The number of benzene rings is 2. The summed E-state index contributed by atoms with van der Waals surface area (Å²) in [6.07, 6.45) is -0.215. The van der Waals surface area contributed by atoms with Crippen LogP contribution in [0.1, 0.15) is 28.5 Å². The van der Waals surface area contributed by atoms with E-state index in [1.54, 1.807) is 24.3 Å². The zero-order chi connectivity index (χ0) is 18.5. The number of nitrogens with zero attached hydrogens (tertiary/aromatic N) is 1. The minimum atomic E-state index is -0.993. The summed E-state index contributed by atoms with van der Waals surface area (Å²) in [7, 11) is 0. The van der Waals surface area contributed by atoms with E-state index in [0.29, 0.717) is 10.2 Å². The van der Waals surface area contributed by atoms with Gasteiger partial charge in [-0.2, -0.15) is 5.10 Å². The summed E-state index contributed by atoms with van der Waals surface area (Å²) in [4.78, 5) is 23.8. The van der Waals surface area contributed by atoms with Gasteiger partial charge >= 0.3 is 5.97 Å². The molecule has 1 atom stereocenters. The lowest BCUT2D eigenvalue weighted by atomic mass is 10.0. The van der Waals surface area contributed by atoms with Gasteiger partial charge in [0.2, 0.25) is 0 Å². The largest absolute Gasteiger partial charge is 0.481 e. The van der Waals surface area contributed by atoms with Crippen molar-refractivity contribution in [2.24, 2.45) is 0 Å². The Morgan fingerprint density at radius 3 is 2.31 bits per heavy atom. The highest BCUT2D eigenvalue weighted by Gasteiger charge is 2.23. The summed E-state index contributed by atoms with van der Waals surface area (Å²) in [5.74, 6) is -1.42. The van der Waals surface area contributed by atoms with Crippen molar-refractivity contribution in [1.29, 1.82) is 0 Å². The molecule has 0 aliphatic carbocycles. The second kappa shape index (κ2) is 7.97. The molecule has 0 aliphatic heterocycles. The first-order chi connectivity index (χ1) is 12.6. The number of carboxylic acids is 1. The number of aliphatic carboxylic acids is 1. The molecule has 1 amide bonds. The maximum absolute atomic E-state index is 12.7. The van der Waals surface area contributed by atoms with E-state index < -0.39 is 17.9 Å². The fraction of sp³-hybridized carbons (Fsp3) is 0.105. The highest BCUT2D eigenvalue weighted by molar-refractivity contribution is 9.10. The quantitative estimate of drug-likeness (QED) is 0.572. The van der Waals surface area contributed by atoms with E-state index in [0.717, 1.165) is 11.1 Å². The Hall–Kier alpha value is -2.93. The summed E-state index contributed by atoms with van der Waals surface area (Å²) >= 11 is 3.41. The number of halogens is 1. The van der Waals surface area contributed by atoms with Crippen LogP contribution in [0.3, 0.4) is 0 Å². The van der Waals surface area contributed by atoms with Crippen molar-refractivity contribution in [1.82, 2.24) is 15.5 Å². The fourth-order valence-electron chi connectivity index (χ4n) is 2.61. The normalized spacial score (nSPS) is 11.7. The van der Waals surface area contributed by atoms with Crippen molar-refractivity contribution in [2.45, 2.75) is 12.5 Å². The molecular formula is C19H16BrN3O3. The van der Waals surface area contributed by atoms with E-state index in [4.69, 9.17) is 5.11 Å². The smallest absolute Gasteiger partial charge is 0.305 e. The first-order valence-corrected chi connectivity index (χ1v) is 8.72. The number of carbonyl (C=O) groups is 2. The van der Waals surface area contributed by atoms with Crippen LogP contribution >= 0.6 is 15.9 Å². The zero-order valence-corrected chi connectivity index (χ0v) is 15.2. The number of nitrogens with one attached hydrogen (secondary N) is 2. The summed E-state index contributed by atoms with van der Waals surface area (Å²) in [5, 5.41) is 18.8. The molecule has 0 unspecified atom stereocenters. The second-order valence-electron chi connectivity index (χ2n) is 5.66. The molecule has 0 aliphatic rings. The lowest BCUT2D eigenvalue weighted by Crippen LogP contribution is -2.30. The van der Waals surface area contributed by atoms with Crippen molar-refractivity contribution in [2.75, 3.05) is 0 Å². The van der Waals surface area contributed by atoms with Crippen LogP contribution in [0.2, 0.25) is 0 Å². The van der Waals surface area contributed by atoms with Gasteiger partial charge in [-0.3, -0.25) is 14.7 Å². The molecule has 0 saturated carbocycles. The van der Waals surface area contributed by atoms with Gasteiger partial charge in [-0.15, -0.1) is 0 Å². The van der Waals surface area contributed by atoms with E-state index >= 15 is 0 Å². The van der Waals surface area contributed by atoms with E-state index in [1.807, 2.05) is 36.4 Å². The molecular weight excluding hydrogens is 398 g/mol. The van der Waals surface area contributed by atoms with Crippen LogP contribution < -0.4 is 5.32 Å². The fourth-order valence-corrected chi connectivity index (χ4v) is 3.20. The monoisotopic (exact) mass is 413 g/mol. The van der Waals surface area contributed by atoms with Gasteiger partial charge in [0.05, 0.1) is 16.9 Å². The zero-order valence-electron chi connectivity index (χ0n) is 13.6. The highest BCUT2D eigenvalue weighted by atomic mass is 79.9. The predicted octanol–water partition coefficient (Wildman–Crippen LogP) is 3.79. The van der Waals surface area contributed by atoms with Gasteiger partial charge in [0, 0.05) is 5.56 Å². The number of carbonyl (C=O) groups excluding carboxylic acids is 1. The van der Waals surface area contributed by atoms with Crippen LogP contribution in [0, 0.1) is 0 Å². The average Bonchev–Trinajstić information content (AvgIpc) is 3.04. The Kier molecular flexibility index (Phi) is 5.48. The minimum absolute atomic E-state index is 0.215. The topological polar surface area (TPSA) is 95.1 Å². The van der Waals surface area contributed by atoms with Crippen molar-refractivity contribution in [3.05, 3.63) is 76.4 Å². The molecule has 0 radical (unpaired) electrons. The summed E-state index contributed by atoms with van der Waals surface area (Å²) in [6, 6.07) is 17.8. The number of H-pyrrole nitrogens is 1. The van der Waals surface area contributed by atoms with Crippen molar-refractivity contribution in [3.8, 4) is 11.3 Å². The number of carboxylic acid groups (broad SMARTS) is 1.